The third kappa shape index (κ3) is 4.95. The largest absolute Gasteiger partial charge is 0.497 e. The molecule has 0 fully saturated rings. The highest BCUT2D eigenvalue weighted by Crippen LogP contribution is 2.13. The van der Waals surface area contributed by atoms with Gasteiger partial charge in [-0.05, 0) is 31.0 Å². The molecule has 0 amide bonds. The number of hydrogen-bond acceptors (Lipinski definition) is 3. The molecule has 3 heteroatoms. The van der Waals surface area contributed by atoms with Gasteiger partial charge in [-0.15, -0.1) is 0 Å². The summed E-state index contributed by atoms with van der Waals surface area (Å²) in [4.78, 5) is 0. The van der Waals surface area contributed by atoms with E-state index in [1.807, 2.05) is 19.1 Å². The average molecular weight is 263 g/mol. The van der Waals surface area contributed by atoms with E-state index in [2.05, 4.69) is 30.4 Å². The molecule has 0 aromatic heterocycles. The van der Waals surface area contributed by atoms with Gasteiger partial charge in [0.15, 0.2) is 0 Å². The Morgan fingerprint density at radius 1 is 1.26 bits per heavy atom. The molecule has 106 valence electrons. The van der Waals surface area contributed by atoms with Gasteiger partial charge in [0.2, 0.25) is 0 Å². The van der Waals surface area contributed by atoms with Crippen molar-refractivity contribution >= 4 is 0 Å². The first-order chi connectivity index (χ1) is 9.24. The van der Waals surface area contributed by atoms with Gasteiger partial charge in [0.25, 0.3) is 0 Å². The third-order valence-electron chi connectivity index (χ3n) is 3.15. The van der Waals surface area contributed by atoms with Crippen molar-refractivity contribution in [2.75, 3.05) is 14.2 Å². The molecule has 0 saturated carbocycles. The summed E-state index contributed by atoms with van der Waals surface area (Å²) in [5.41, 5.74) is 2.38. The predicted molar refractivity (Wildman–Crippen MR) is 79.3 cm³/mol. The van der Waals surface area contributed by atoms with E-state index >= 15 is 0 Å². The Morgan fingerprint density at radius 3 is 2.42 bits per heavy atom. The van der Waals surface area contributed by atoms with Gasteiger partial charge in [-0.25, -0.2) is 0 Å². The first-order valence-electron chi connectivity index (χ1n) is 6.80. The average Bonchev–Trinajstić information content (AvgIpc) is 2.47. The molecular formula is C16H25NO2. The van der Waals surface area contributed by atoms with Crippen LogP contribution in [0.1, 0.15) is 32.3 Å². The summed E-state index contributed by atoms with van der Waals surface area (Å²) in [5.74, 6) is 0.885. The maximum atomic E-state index is 5.52. The van der Waals surface area contributed by atoms with E-state index < -0.39 is 0 Å². The molecule has 0 aliphatic heterocycles. The molecule has 1 unspecified atom stereocenters. The number of ether oxygens (including phenoxy) is 2. The zero-order chi connectivity index (χ0) is 14.1. The van der Waals surface area contributed by atoms with Crippen LogP contribution in [0.15, 0.2) is 36.0 Å². The van der Waals surface area contributed by atoms with Crippen LogP contribution in [0.2, 0.25) is 0 Å². The maximum Gasteiger partial charge on any atom is 0.118 e. The van der Waals surface area contributed by atoms with E-state index in [-0.39, 0.29) is 6.10 Å². The zero-order valence-electron chi connectivity index (χ0n) is 12.4. The number of benzene rings is 1. The highest BCUT2D eigenvalue weighted by atomic mass is 16.5. The van der Waals surface area contributed by atoms with Crippen molar-refractivity contribution in [1.29, 1.82) is 0 Å². The van der Waals surface area contributed by atoms with Crippen LogP contribution in [0.5, 0.6) is 5.75 Å². The van der Waals surface area contributed by atoms with Gasteiger partial charge in [0, 0.05) is 19.4 Å². The van der Waals surface area contributed by atoms with Crippen molar-refractivity contribution in [2.24, 2.45) is 0 Å². The minimum absolute atomic E-state index is 0.160. The molecule has 1 aromatic carbocycles. The van der Waals surface area contributed by atoms with Crippen LogP contribution in [-0.2, 0) is 11.3 Å². The molecule has 1 N–H and O–H groups in total. The van der Waals surface area contributed by atoms with Crippen LogP contribution >= 0.6 is 0 Å². The predicted octanol–water partition coefficient (Wildman–Crippen LogP) is 3.50. The summed E-state index contributed by atoms with van der Waals surface area (Å²) in [6, 6.07) is 8.10. The molecule has 0 spiro atoms. The molecule has 3 nitrogen and oxygen atoms in total. The lowest BCUT2D eigenvalue weighted by molar-refractivity contribution is 0.117. The lowest BCUT2D eigenvalue weighted by Gasteiger charge is -2.20. The lowest BCUT2D eigenvalue weighted by atomic mass is 10.1. The number of nitrogens with one attached hydrogen (secondary N) is 1. The molecule has 0 saturated heterocycles. The summed E-state index contributed by atoms with van der Waals surface area (Å²) >= 11 is 0. The highest BCUT2D eigenvalue weighted by Gasteiger charge is 2.11. The fraction of sp³-hybridized carbons (Fsp3) is 0.500. The second kappa shape index (κ2) is 8.59. The van der Waals surface area contributed by atoms with Crippen molar-refractivity contribution in [2.45, 2.75) is 39.3 Å². The van der Waals surface area contributed by atoms with Gasteiger partial charge in [-0.3, -0.25) is 0 Å². The van der Waals surface area contributed by atoms with Crippen LogP contribution in [-0.4, -0.2) is 20.3 Å². The molecule has 1 rings (SSSR count). The molecule has 0 bridgehead atoms. The van der Waals surface area contributed by atoms with E-state index in [0.717, 1.165) is 30.8 Å². The Hall–Kier alpha value is -1.48. The Labute approximate surface area is 116 Å². The smallest absolute Gasteiger partial charge is 0.118 e. The van der Waals surface area contributed by atoms with Crippen LogP contribution in [0.3, 0.4) is 0 Å². The molecule has 19 heavy (non-hydrogen) atoms. The van der Waals surface area contributed by atoms with Gasteiger partial charge in [0.05, 0.1) is 13.2 Å². The van der Waals surface area contributed by atoms with Gasteiger partial charge in [-0.1, -0.05) is 31.6 Å². The van der Waals surface area contributed by atoms with Crippen molar-refractivity contribution in [1.82, 2.24) is 5.32 Å². The number of methoxy groups -OCH3 is 2. The van der Waals surface area contributed by atoms with E-state index in [1.165, 1.54) is 5.56 Å². The highest BCUT2D eigenvalue weighted by molar-refractivity contribution is 5.27. The quantitative estimate of drug-likeness (QED) is 0.778. The second-order valence-electron chi connectivity index (χ2n) is 4.46. The lowest BCUT2D eigenvalue weighted by Crippen LogP contribution is -2.25. The topological polar surface area (TPSA) is 30.5 Å². The van der Waals surface area contributed by atoms with Gasteiger partial charge >= 0.3 is 0 Å². The van der Waals surface area contributed by atoms with E-state index in [1.54, 1.807) is 14.2 Å². The van der Waals surface area contributed by atoms with E-state index in [4.69, 9.17) is 9.47 Å². The zero-order valence-corrected chi connectivity index (χ0v) is 12.4. The van der Waals surface area contributed by atoms with Crippen molar-refractivity contribution in [3.05, 3.63) is 41.6 Å². The van der Waals surface area contributed by atoms with Crippen LogP contribution in [0.25, 0.3) is 0 Å². The first-order valence-corrected chi connectivity index (χ1v) is 6.80. The minimum atomic E-state index is 0.160. The SMILES string of the molecule is C/C=C(\NCc1ccc(OC)cc1)C(CCC)OC. The Balaban J connectivity index is 2.57. The minimum Gasteiger partial charge on any atom is -0.497 e. The number of allylic oxidation sites excluding steroid dienone is 1. The Morgan fingerprint density at radius 2 is 1.95 bits per heavy atom. The Kier molecular flexibility index (Phi) is 7.04. The van der Waals surface area contributed by atoms with Crippen LogP contribution in [0, 0.1) is 0 Å². The van der Waals surface area contributed by atoms with Crippen LogP contribution < -0.4 is 10.1 Å². The summed E-state index contributed by atoms with van der Waals surface area (Å²) < 4.78 is 10.7. The molecule has 0 radical (unpaired) electrons. The van der Waals surface area contributed by atoms with Crippen molar-refractivity contribution < 1.29 is 9.47 Å². The molecule has 0 heterocycles. The standard InChI is InChI=1S/C16H25NO2/c1-5-7-16(19-4)15(6-2)17-12-13-8-10-14(18-3)11-9-13/h6,8-11,16-17H,5,7,12H2,1-4H3/b15-6-. The molecular weight excluding hydrogens is 238 g/mol. The molecule has 0 aliphatic rings. The van der Waals surface area contributed by atoms with E-state index in [0.29, 0.717) is 0 Å². The van der Waals surface area contributed by atoms with Crippen molar-refractivity contribution in [3.63, 3.8) is 0 Å². The summed E-state index contributed by atoms with van der Waals surface area (Å²) in [5, 5.41) is 3.45. The summed E-state index contributed by atoms with van der Waals surface area (Å²) in [6.07, 6.45) is 4.40. The second-order valence-corrected chi connectivity index (χ2v) is 4.46. The maximum absolute atomic E-state index is 5.52. The third-order valence-corrected chi connectivity index (χ3v) is 3.15. The van der Waals surface area contributed by atoms with Crippen LogP contribution in [0.4, 0.5) is 0 Å². The number of hydrogen-bond donors (Lipinski definition) is 1. The van der Waals surface area contributed by atoms with E-state index in [9.17, 15) is 0 Å². The normalized spacial score (nSPS) is 13.2. The molecule has 1 atom stereocenters. The molecule has 1 aromatic rings. The van der Waals surface area contributed by atoms with Gasteiger partial charge < -0.3 is 14.8 Å². The van der Waals surface area contributed by atoms with Gasteiger partial charge in [-0.2, -0.15) is 0 Å². The van der Waals surface area contributed by atoms with Gasteiger partial charge in [0.1, 0.15) is 5.75 Å². The summed E-state index contributed by atoms with van der Waals surface area (Å²) in [6.45, 7) is 5.01. The monoisotopic (exact) mass is 263 g/mol. The Bertz CT molecular complexity index is 384. The fourth-order valence-electron chi connectivity index (χ4n) is 2.01. The molecule has 0 aliphatic carbocycles. The number of rotatable bonds is 8. The fourth-order valence-corrected chi connectivity index (χ4v) is 2.01. The van der Waals surface area contributed by atoms with Crippen molar-refractivity contribution in [3.8, 4) is 5.75 Å². The first kappa shape index (κ1) is 15.6. The summed E-state index contributed by atoms with van der Waals surface area (Å²) in [7, 11) is 3.44.